The van der Waals surface area contributed by atoms with Crippen molar-refractivity contribution < 1.29 is 23.9 Å². The quantitative estimate of drug-likeness (QED) is 0.609. The molecular formula is C15H18N2O5. The summed E-state index contributed by atoms with van der Waals surface area (Å²) in [4.78, 5) is 45.0. The molecule has 1 atom stereocenters. The summed E-state index contributed by atoms with van der Waals surface area (Å²) in [7, 11) is 0. The van der Waals surface area contributed by atoms with Gasteiger partial charge in [-0.3, -0.25) is 14.9 Å². The maximum atomic E-state index is 11.7. The molecule has 0 heterocycles. The van der Waals surface area contributed by atoms with E-state index in [-0.39, 0.29) is 11.6 Å². The van der Waals surface area contributed by atoms with Gasteiger partial charge >= 0.3 is 12.0 Å². The maximum Gasteiger partial charge on any atom is 0.338 e. The van der Waals surface area contributed by atoms with E-state index in [1.54, 1.807) is 6.92 Å². The van der Waals surface area contributed by atoms with E-state index in [0.717, 1.165) is 6.42 Å². The number of rotatable bonds is 6. The number of aldehydes is 1. The first-order chi connectivity index (χ1) is 10.5. The Balaban J connectivity index is 2.41. The Hall–Kier alpha value is -2.70. The average Bonchev–Trinajstić information content (AvgIpc) is 2.52. The summed E-state index contributed by atoms with van der Waals surface area (Å²) in [5, 5.41) is 4.61. The molecule has 0 aliphatic rings. The van der Waals surface area contributed by atoms with Gasteiger partial charge in [-0.1, -0.05) is 19.1 Å². The minimum atomic E-state index is -0.723. The van der Waals surface area contributed by atoms with Crippen LogP contribution in [0, 0.1) is 0 Å². The molecule has 1 rings (SSSR count). The van der Waals surface area contributed by atoms with Crippen LogP contribution >= 0.6 is 0 Å². The molecule has 118 valence electrons. The third-order valence-corrected chi connectivity index (χ3v) is 2.86. The Bertz CT molecular complexity index is 554. The van der Waals surface area contributed by atoms with Gasteiger partial charge in [-0.25, -0.2) is 9.59 Å². The molecular weight excluding hydrogens is 288 g/mol. The van der Waals surface area contributed by atoms with Gasteiger partial charge < -0.3 is 10.1 Å². The average molecular weight is 306 g/mol. The molecule has 0 fully saturated rings. The molecule has 0 aromatic heterocycles. The number of carbonyl (C=O) groups excluding carboxylic acids is 4. The van der Waals surface area contributed by atoms with Crippen LogP contribution in [0.15, 0.2) is 24.3 Å². The number of nitrogens with one attached hydrogen (secondary N) is 2. The monoisotopic (exact) mass is 306 g/mol. The number of amides is 3. The van der Waals surface area contributed by atoms with Crippen molar-refractivity contribution in [2.24, 2.45) is 0 Å². The van der Waals surface area contributed by atoms with Crippen LogP contribution in [-0.2, 0) is 9.53 Å². The SMILES string of the molecule is CC[C@@H](C)NC(=O)NC(=O)COC(=O)c1ccc(C=O)cc1. The third kappa shape index (κ3) is 5.74. The molecule has 1 aromatic carbocycles. The fourth-order valence-corrected chi connectivity index (χ4v) is 1.44. The van der Waals surface area contributed by atoms with Crippen LogP contribution in [0.5, 0.6) is 0 Å². The predicted octanol–water partition coefficient (Wildman–Crippen LogP) is 1.28. The summed E-state index contributed by atoms with van der Waals surface area (Å²) in [6, 6.07) is 5.06. The lowest BCUT2D eigenvalue weighted by Crippen LogP contribution is -2.44. The Labute approximate surface area is 128 Å². The molecule has 0 radical (unpaired) electrons. The molecule has 0 spiro atoms. The van der Waals surface area contributed by atoms with E-state index in [1.807, 2.05) is 6.92 Å². The first-order valence-electron chi connectivity index (χ1n) is 6.79. The van der Waals surface area contributed by atoms with Crippen molar-refractivity contribution in [2.75, 3.05) is 6.61 Å². The van der Waals surface area contributed by atoms with Crippen molar-refractivity contribution in [2.45, 2.75) is 26.3 Å². The van der Waals surface area contributed by atoms with Gasteiger partial charge in [0.15, 0.2) is 6.61 Å². The van der Waals surface area contributed by atoms with Gasteiger partial charge in [0.1, 0.15) is 6.29 Å². The summed E-state index contributed by atoms with van der Waals surface area (Å²) in [6.45, 7) is 3.12. The van der Waals surface area contributed by atoms with Crippen molar-refractivity contribution in [1.29, 1.82) is 0 Å². The fourth-order valence-electron chi connectivity index (χ4n) is 1.44. The highest BCUT2D eigenvalue weighted by molar-refractivity contribution is 5.97. The molecule has 3 amide bonds. The van der Waals surface area contributed by atoms with E-state index < -0.39 is 24.5 Å². The molecule has 0 aliphatic carbocycles. The van der Waals surface area contributed by atoms with Crippen molar-refractivity contribution in [1.82, 2.24) is 10.6 Å². The Morgan fingerprint density at radius 2 is 1.86 bits per heavy atom. The van der Waals surface area contributed by atoms with Crippen LogP contribution in [0.3, 0.4) is 0 Å². The van der Waals surface area contributed by atoms with Crippen molar-refractivity contribution >= 4 is 24.2 Å². The number of hydrogen-bond acceptors (Lipinski definition) is 5. The van der Waals surface area contributed by atoms with E-state index in [1.165, 1.54) is 24.3 Å². The standard InChI is InChI=1S/C15H18N2O5/c1-3-10(2)16-15(21)17-13(19)9-22-14(20)12-6-4-11(8-18)5-7-12/h4-8,10H,3,9H2,1-2H3,(H2,16,17,19,21)/t10-/m1/s1. The second-order valence-electron chi connectivity index (χ2n) is 4.65. The predicted molar refractivity (Wildman–Crippen MR) is 78.5 cm³/mol. The van der Waals surface area contributed by atoms with Gasteiger partial charge in [-0.15, -0.1) is 0 Å². The number of benzene rings is 1. The normalized spacial score (nSPS) is 11.2. The van der Waals surface area contributed by atoms with Crippen LogP contribution in [0.1, 0.15) is 41.0 Å². The van der Waals surface area contributed by atoms with Crippen LogP contribution in [-0.4, -0.2) is 36.8 Å². The number of imide groups is 1. The molecule has 0 aliphatic heterocycles. The van der Waals surface area contributed by atoms with Gasteiger partial charge in [0.05, 0.1) is 5.56 Å². The topological polar surface area (TPSA) is 102 Å². The van der Waals surface area contributed by atoms with Crippen LogP contribution in [0.25, 0.3) is 0 Å². The summed E-state index contributed by atoms with van der Waals surface area (Å²) in [6.07, 6.45) is 1.38. The van der Waals surface area contributed by atoms with E-state index in [0.29, 0.717) is 11.8 Å². The summed E-state index contributed by atoms with van der Waals surface area (Å²) >= 11 is 0. The smallest absolute Gasteiger partial charge is 0.338 e. The van der Waals surface area contributed by atoms with Gasteiger partial charge in [-0.05, 0) is 25.5 Å². The number of esters is 1. The van der Waals surface area contributed by atoms with Gasteiger partial charge in [0.2, 0.25) is 0 Å². The highest BCUT2D eigenvalue weighted by atomic mass is 16.5. The molecule has 1 aromatic rings. The molecule has 2 N–H and O–H groups in total. The van der Waals surface area contributed by atoms with Crippen LogP contribution < -0.4 is 10.6 Å². The molecule has 0 saturated carbocycles. The Kier molecular flexibility index (Phi) is 6.75. The second-order valence-corrected chi connectivity index (χ2v) is 4.65. The first-order valence-corrected chi connectivity index (χ1v) is 6.79. The highest BCUT2D eigenvalue weighted by Gasteiger charge is 2.13. The molecule has 0 unspecified atom stereocenters. The lowest BCUT2D eigenvalue weighted by molar-refractivity contribution is -0.123. The minimum absolute atomic E-state index is 0.0633. The summed E-state index contributed by atoms with van der Waals surface area (Å²) in [5.74, 6) is -1.44. The summed E-state index contributed by atoms with van der Waals surface area (Å²) < 4.78 is 4.78. The zero-order valence-corrected chi connectivity index (χ0v) is 12.4. The third-order valence-electron chi connectivity index (χ3n) is 2.86. The number of urea groups is 1. The zero-order valence-electron chi connectivity index (χ0n) is 12.4. The van der Waals surface area contributed by atoms with Crippen molar-refractivity contribution in [3.05, 3.63) is 35.4 Å². The van der Waals surface area contributed by atoms with Crippen molar-refractivity contribution in [3.63, 3.8) is 0 Å². The van der Waals surface area contributed by atoms with Crippen LogP contribution in [0.2, 0.25) is 0 Å². The lowest BCUT2D eigenvalue weighted by atomic mass is 10.1. The van der Waals surface area contributed by atoms with Gasteiger partial charge in [0, 0.05) is 11.6 Å². The number of hydrogen-bond donors (Lipinski definition) is 2. The first kappa shape index (κ1) is 17.4. The van der Waals surface area contributed by atoms with Crippen LogP contribution in [0.4, 0.5) is 4.79 Å². The number of ether oxygens (including phenoxy) is 1. The van der Waals surface area contributed by atoms with E-state index in [4.69, 9.17) is 4.74 Å². The highest BCUT2D eigenvalue weighted by Crippen LogP contribution is 2.04. The molecule has 0 bridgehead atoms. The lowest BCUT2D eigenvalue weighted by Gasteiger charge is -2.11. The summed E-state index contributed by atoms with van der Waals surface area (Å²) in [5.41, 5.74) is 0.637. The van der Waals surface area contributed by atoms with E-state index in [9.17, 15) is 19.2 Å². The molecule has 7 nitrogen and oxygen atoms in total. The largest absolute Gasteiger partial charge is 0.452 e. The molecule has 0 saturated heterocycles. The number of carbonyl (C=O) groups is 4. The van der Waals surface area contributed by atoms with E-state index >= 15 is 0 Å². The Morgan fingerprint density at radius 1 is 1.23 bits per heavy atom. The van der Waals surface area contributed by atoms with Gasteiger partial charge in [0.25, 0.3) is 5.91 Å². The van der Waals surface area contributed by atoms with Crippen molar-refractivity contribution in [3.8, 4) is 0 Å². The van der Waals surface area contributed by atoms with Gasteiger partial charge in [-0.2, -0.15) is 0 Å². The Morgan fingerprint density at radius 3 is 2.41 bits per heavy atom. The van der Waals surface area contributed by atoms with E-state index in [2.05, 4.69) is 10.6 Å². The minimum Gasteiger partial charge on any atom is -0.452 e. The second kappa shape index (κ2) is 8.56. The zero-order chi connectivity index (χ0) is 16.5. The fraction of sp³-hybridized carbons (Fsp3) is 0.333. The maximum absolute atomic E-state index is 11.7. The molecule has 7 heteroatoms. The molecule has 22 heavy (non-hydrogen) atoms.